The number of rotatable bonds is 4. The molecule has 0 aliphatic carbocycles. The second-order valence-electron chi connectivity index (χ2n) is 3.77. The van der Waals surface area contributed by atoms with Crippen LogP contribution in [0.5, 0.6) is 0 Å². The van der Waals surface area contributed by atoms with Crippen molar-refractivity contribution in [3.8, 4) is 0 Å². The molecule has 5 heteroatoms. The summed E-state index contributed by atoms with van der Waals surface area (Å²) in [4.78, 5) is 11.0. The molecule has 0 aromatic heterocycles. The Kier molecular flexibility index (Phi) is 4.30. The summed E-state index contributed by atoms with van der Waals surface area (Å²) in [6, 6.07) is 14.2. The van der Waals surface area contributed by atoms with Crippen LogP contribution in [0.1, 0.15) is 15.9 Å². The molecule has 0 fully saturated rings. The molecule has 2 N–H and O–H groups in total. The van der Waals surface area contributed by atoms with Gasteiger partial charge in [-0.05, 0) is 29.8 Å². The molecular formula is C14H11BrN2O2. The summed E-state index contributed by atoms with van der Waals surface area (Å²) in [5, 5.41) is 13.0. The van der Waals surface area contributed by atoms with Crippen LogP contribution in [-0.4, -0.2) is 17.3 Å². The molecule has 0 aliphatic heterocycles. The van der Waals surface area contributed by atoms with E-state index in [1.54, 1.807) is 24.4 Å². The van der Waals surface area contributed by atoms with Gasteiger partial charge >= 0.3 is 5.97 Å². The molecule has 0 atom stereocenters. The Labute approximate surface area is 118 Å². The number of nitrogens with one attached hydrogen (secondary N) is 1. The van der Waals surface area contributed by atoms with E-state index in [0.717, 1.165) is 10.0 Å². The lowest BCUT2D eigenvalue weighted by atomic mass is 10.2. The van der Waals surface area contributed by atoms with Gasteiger partial charge in [-0.15, -0.1) is 0 Å². The van der Waals surface area contributed by atoms with Crippen LogP contribution in [0.3, 0.4) is 0 Å². The number of hydrogen-bond acceptors (Lipinski definition) is 3. The zero-order chi connectivity index (χ0) is 13.7. The highest BCUT2D eigenvalue weighted by atomic mass is 79.9. The van der Waals surface area contributed by atoms with E-state index in [9.17, 15) is 4.79 Å². The van der Waals surface area contributed by atoms with Crippen molar-refractivity contribution in [2.45, 2.75) is 0 Å². The summed E-state index contributed by atoms with van der Waals surface area (Å²) in [5.74, 6) is -0.984. The van der Waals surface area contributed by atoms with E-state index in [0.29, 0.717) is 5.69 Å². The van der Waals surface area contributed by atoms with Gasteiger partial charge in [0.1, 0.15) is 0 Å². The molecule has 0 heterocycles. The molecule has 0 amide bonds. The SMILES string of the molecule is O=C(O)c1ccccc1N/N=C\c1ccc(Br)cc1. The van der Waals surface area contributed by atoms with Gasteiger partial charge in [0.25, 0.3) is 0 Å². The maximum Gasteiger partial charge on any atom is 0.337 e. The Morgan fingerprint density at radius 2 is 1.84 bits per heavy atom. The number of hydrazone groups is 1. The third-order valence-electron chi connectivity index (χ3n) is 2.43. The van der Waals surface area contributed by atoms with Crippen LogP contribution < -0.4 is 5.43 Å². The molecule has 2 rings (SSSR count). The fourth-order valence-electron chi connectivity index (χ4n) is 1.49. The first-order valence-corrected chi connectivity index (χ1v) is 6.33. The van der Waals surface area contributed by atoms with Crippen molar-refractivity contribution in [2.24, 2.45) is 5.10 Å². The lowest BCUT2D eigenvalue weighted by Crippen LogP contribution is -2.02. The van der Waals surface area contributed by atoms with Crippen molar-refractivity contribution < 1.29 is 9.90 Å². The van der Waals surface area contributed by atoms with Gasteiger partial charge < -0.3 is 5.11 Å². The number of carboxylic acids is 1. The summed E-state index contributed by atoms with van der Waals surface area (Å²) >= 11 is 3.35. The van der Waals surface area contributed by atoms with E-state index in [1.165, 1.54) is 6.07 Å². The first-order valence-electron chi connectivity index (χ1n) is 5.54. The Bertz CT molecular complexity index is 609. The van der Waals surface area contributed by atoms with Crippen LogP contribution >= 0.6 is 15.9 Å². The second-order valence-corrected chi connectivity index (χ2v) is 4.69. The molecule has 0 spiro atoms. The van der Waals surface area contributed by atoms with Gasteiger partial charge in [0.15, 0.2) is 0 Å². The number of carboxylic acid groups (broad SMARTS) is 1. The normalized spacial score (nSPS) is 10.6. The molecule has 4 nitrogen and oxygen atoms in total. The highest BCUT2D eigenvalue weighted by Crippen LogP contribution is 2.14. The third-order valence-corrected chi connectivity index (χ3v) is 2.95. The molecular weight excluding hydrogens is 308 g/mol. The molecule has 2 aromatic rings. The minimum atomic E-state index is -0.984. The number of anilines is 1. The van der Waals surface area contributed by atoms with Crippen molar-refractivity contribution in [1.82, 2.24) is 0 Å². The van der Waals surface area contributed by atoms with Gasteiger partial charge in [-0.1, -0.05) is 40.2 Å². The van der Waals surface area contributed by atoms with Gasteiger partial charge in [-0.2, -0.15) is 5.10 Å². The average molecular weight is 319 g/mol. The average Bonchev–Trinajstić information content (AvgIpc) is 2.41. The number of benzene rings is 2. The first kappa shape index (κ1) is 13.3. The van der Waals surface area contributed by atoms with E-state index < -0.39 is 5.97 Å². The zero-order valence-corrected chi connectivity index (χ0v) is 11.5. The fraction of sp³-hybridized carbons (Fsp3) is 0. The van der Waals surface area contributed by atoms with E-state index in [2.05, 4.69) is 26.5 Å². The monoisotopic (exact) mass is 318 g/mol. The Morgan fingerprint density at radius 3 is 2.53 bits per heavy atom. The largest absolute Gasteiger partial charge is 0.478 e. The summed E-state index contributed by atoms with van der Waals surface area (Å²) < 4.78 is 0.994. The summed E-state index contributed by atoms with van der Waals surface area (Å²) in [5.41, 5.74) is 4.31. The number of hydrogen-bond donors (Lipinski definition) is 2. The lowest BCUT2D eigenvalue weighted by molar-refractivity contribution is 0.0698. The maximum absolute atomic E-state index is 11.0. The third kappa shape index (κ3) is 3.66. The van der Waals surface area contributed by atoms with Crippen molar-refractivity contribution in [2.75, 3.05) is 5.43 Å². The Balaban J connectivity index is 2.10. The summed E-state index contributed by atoms with van der Waals surface area (Å²) in [7, 11) is 0. The number of carbonyl (C=O) groups is 1. The number of nitrogens with zero attached hydrogens (tertiary/aromatic N) is 1. The van der Waals surface area contributed by atoms with Crippen molar-refractivity contribution in [3.05, 3.63) is 64.1 Å². The molecule has 2 aromatic carbocycles. The van der Waals surface area contributed by atoms with E-state index in [4.69, 9.17) is 5.11 Å². The Morgan fingerprint density at radius 1 is 1.16 bits per heavy atom. The molecule has 0 radical (unpaired) electrons. The van der Waals surface area contributed by atoms with Gasteiger partial charge in [0.05, 0.1) is 17.5 Å². The lowest BCUT2D eigenvalue weighted by Gasteiger charge is -2.04. The molecule has 0 saturated carbocycles. The van der Waals surface area contributed by atoms with E-state index in [-0.39, 0.29) is 5.56 Å². The minimum Gasteiger partial charge on any atom is -0.478 e. The minimum absolute atomic E-state index is 0.190. The van der Waals surface area contributed by atoms with Crippen LogP contribution in [0.15, 0.2) is 58.1 Å². The standard InChI is InChI=1S/C14H11BrN2O2/c15-11-7-5-10(6-8-11)9-16-17-13-4-2-1-3-12(13)14(18)19/h1-9,17H,(H,18,19)/b16-9-. The zero-order valence-electron chi connectivity index (χ0n) is 9.88. The quantitative estimate of drug-likeness (QED) is 0.669. The number of para-hydroxylation sites is 1. The predicted octanol–water partition coefficient (Wildman–Crippen LogP) is 3.59. The first-order chi connectivity index (χ1) is 9.16. The van der Waals surface area contributed by atoms with Gasteiger partial charge in [0, 0.05) is 4.47 Å². The second kappa shape index (κ2) is 6.15. The number of halogens is 1. The topological polar surface area (TPSA) is 61.7 Å². The Hall–Kier alpha value is -2.14. The van der Waals surface area contributed by atoms with Crippen LogP contribution in [0.25, 0.3) is 0 Å². The molecule has 0 bridgehead atoms. The molecule has 0 unspecified atom stereocenters. The van der Waals surface area contributed by atoms with E-state index >= 15 is 0 Å². The van der Waals surface area contributed by atoms with E-state index in [1.807, 2.05) is 24.3 Å². The van der Waals surface area contributed by atoms with Crippen molar-refractivity contribution in [1.29, 1.82) is 0 Å². The smallest absolute Gasteiger partial charge is 0.337 e. The van der Waals surface area contributed by atoms with Crippen LogP contribution in [-0.2, 0) is 0 Å². The number of aromatic carboxylic acids is 1. The van der Waals surface area contributed by atoms with Gasteiger partial charge in [0.2, 0.25) is 0 Å². The van der Waals surface area contributed by atoms with Crippen LogP contribution in [0.4, 0.5) is 5.69 Å². The van der Waals surface area contributed by atoms with Crippen LogP contribution in [0.2, 0.25) is 0 Å². The molecule has 0 saturated heterocycles. The van der Waals surface area contributed by atoms with Gasteiger partial charge in [-0.25, -0.2) is 4.79 Å². The predicted molar refractivity (Wildman–Crippen MR) is 78.8 cm³/mol. The summed E-state index contributed by atoms with van der Waals surface area (Å²) in [6.07, 6.45) is 1.63. The molecule has 19 heavy (non-hydrogen) atoms. The van der Waals surface area contributed by atoms with Crippen LogP contribution in [0, 0.1) is 0 Å². The highest BCUT2D eigenvalue weighted by Gasteiger charge is 2.07. The maximum atomic E-state index is 11.0. The highest BCUT2D eigenvalue weighted by molar-refractivity contribution is 9.10. The molecule has 96 valence electrons. The summed E-state index contributed by atoms with van der Waals surface area (Å²) in [6.45, 7) is 0. The van der Waals surface area contributed by atoms with Gasteiger partial charge in [-0.3, -0.25) is 5.43 Å². The molecule has 0 aliphatic rings. The van der Waals surface area contributed by atoms with Crippen molar-refractivity contribution in [3.63, 3.8) is 0 Å². The van der Waals surface area contributed by atoms with Crippen molar-refractivity contribution >= 4 is 33.8 Å². The fourth-order valence-corrected chi connectivity index (χ4v) is 1.76.